The van der Waals surface area contributed by atoms with Crippen LogP contribution < -0.4 is 16.0 Å². The molecule has 0 unspecified atom stereocenters. The fourth-order valence-corrected chi connectivity index (χ4v) is 2.38. The minimum absolute atomic E-state index is 0.144. The Kier molecular flexibility index (Phi) is 5.78. The van der Waals surface area contributed by atoms with Gasteiger partial charge in [0.1, 0.15) is 5.82 Å². The van der Waals surface area contributed by atoms with Gasteiger partial charge >= 0.3 is 0 Å². The van der Waals surface area contributed by atoms with E-state index in [1.807, 2.05) is 25.8 Å². The molecule has 0 atom stereocenters. The Labute approximate surface area is 162 Å². The Morgan fingerprint density at radius 2 is 1.96 bits per heavy atom. The second-order valence-corrected chi connectivity index (χ2v) is 6.60. The second kappa shape index (κ2) is 8.42. The molecule has 3 heterocycles. The van der Waals surface area contributed by atoms with Gasteiger partial charge in [-0.05, 0) is 12.1 Å². The molecule has 146 valence electrons. The molecule has 10 heteroatoms. The molecule has 0 aliphatic heterocycles. The summed E-state index contributed by atoms with van der Waals surface area (Å²) < 4.78 is 5.12. The van der Waals surface area contributed by atoms with Crippen molar-refractivity contribution in [3.63, 3.8) is 0 Å². The molecular formula is C18H22N8O2. The number of carbonyl (C=O) groups is 1. The highest BCUT2D eigenvalue weighted by Gasteiger charge is 2.12. The molecule has 3 aromatic heterocycles. The highest BCUT2D eigenvalue weighted by Crippen LogP contribution is 2.13. The van der Waals surface area contributed by atoms with Crippen molar-refractivity contribution in [1.29, 1.82) is 0 Å². The van der Waals surface area contributed by atoms with E-state index in [9.17, 15) is 4.79 Å². The van der Waals surface area contributed by atoms with E-state index >= 15 is 0 Å². The summed E-state index contributed by atoms with van der Waals surface area (Å²) in [6, 6.07) is 3.49. The molecule has 28 heavy (non-hydrogen) atoms. The molecule has 3 rings (SSSR count). The molecule has 0 spiro atoms. The summed E-state index contributed by atoms with van der Waals surface area (Å²) in [6.07, 6.45) is 4.86. The summed E-state index contributed by atoms with van der Waals surface area (Å²) in [6.45, 7) is 4.67. The predicted molar refractivity (Wildman–Crippen MR) is 102 cm³/mol. The first-order valence-electron chi connectivity index (χ1n) is 8.76. The van der Waals surface area contributed by atoms with Crippen LogP contribution in [0.15, 0.2) is 35.2 Å². The summed E-state index contributed by atoms with van der Waals surface area (Å²) in [5, 5.41) is 6.60. The van der Waals surface area contributed by atoms with Crippen molar-refractivity contribution in [1.82, 2.24) is 30.4 Å². The van der Waals surface area contributed by atoms with Crippen LogP contribution >= 0.6 is 0 Å². The van der Waals surface area contributed by atoms with Crippen LogP contribution in [0.2, 0.25) is 0 Å². The molecule has 10 nitrogen and oxygen atoms in total. The second-order valence-electron chi connectivity index (χ2n) is 6.60. The lowest BCUT2D eigenvalue weighted by Crippen LogP contribution is -2.24. The van der Waals surface area contributed by atoms with E-state index < -0.39 is 0 Å². The Hall–Kier alpha value is -3.56. The Morgan fingerprint density at radius 1 is 1.21 bits per heavy atom. The zero-order valence-corrected chi connectivity index (χ0v) is 16.0. The molecule has 0 saturated carbocycles. The SMILES string of the molecule is CC(C)c1nc(CNC(=O)c2ccc(N(C)Cc3cnc(N)nc3)nc2)no1. The Balaban J connectivity index is 1.56. The number of rotatable bonds is 7. The molecule has 3 aromatic rings. The van der Waals surface area contributed by atoms with Crippen LogP contribution in [0.3, 0.4) is 0 Å². The van der Waals surface area contributed by atoms with Crippen molar-refractivity contribution in [2.75, 3.05) is 17.7 Å². The molecule has 0 aromatic carbocycles. The standard InChI is InChI=1S/C18H22N8O2/c1-11(2)17-24-14(25-28-17)9-21-16(27)13-4-5-15(20-8-13)26(3)10-12-6-22-18(19)23-7-12/h4-8,11H,9-10H2,1-3H3,(H,21,27)(H2,19,22,23). The lowest BCUT2D eigenvalue weighted by atomic mass is 10.2. The number of nitrogen functional groups attached to an aromatic ring is 1. The summed E-state index contributed by atoms with van der Waals surface area (Å²) in [5.74, 6) is 1.82. The van der Waals surface area contributed by atoms with E-state index in [2.05, 4.69) is 30.4 Å². The van der Waals surface area contributed by atoms with Gasteiger partial charge < -0.3 is 20.5 Å². The van der Waals surface area contributed by atoms with E-state index in [-0.39, 0.29) is 24.3 Å². The number of hydrogen-bond donors (Lipinski definition) is 2. The van der Waals surface area contributed by atoms with Gasteiger partial charge in [-0.2, -0.15) is 4.98 Å². The Bertz CT molecular complexity index is 922. The fourth-order valence-electron chi connectivity index (χ4n) is 2.38. The zero-order valence-electron chi connectivity index (χ0n) is 16.0. The maximum atomic E-state index is 12.3. The van der Waals surface area contributed by atoms with E-state index in [4.69, 9.17) is 10.3 Å². The molecule has 0 aliphatic carbocycles. The van der Waals surface area contributed by atoms with Gasteiger partial charge in [0.25, 0.3) is 5.91 Å². The number of carbonyl (C=O) groups excluding carboxylic acids is 1. The first-order valence-corrected chi connectivity index (χ1v) is 8.76. The van der Waals surface area contributed by atoms with Crippen molar-refractivity contribution in [2.24, 2.45) is 0 Å². The number of amides is 1. The van der Waals surface area contributed by atoms with Crippen molar-refractivity contribution in [3.05, 3.63) is 53.6 Å². The first kappa shape index (κ1) is 19.2. The number of nitrogens with one attached hydrogen (secondary N) is 1. The van der Waals surface area contributed by atoms with E-state index in [1.54, 1.807) is 24.5 Å². The van der Waals surface area contributed by atoms with Crippen LogP contribution in [-0.2, 0) is 13.1 Å². The quantitative estimate of drug-likeness (QED) is 0.623. The number of nitrogens with zero attached hydrogens (tertiary/aromatic N) is 6. The molecule has 0 fully saturated rings. The van der Waals surface area contributed by atoms with Gasteiger partial charge in [-0.1, -0.05) is 19.0 Å². The van der Waals surface area contributed by atoms with Gasteiger partial charge in [-0.25, -0.2) is 15.0 Å². The van der Waals surface area contributed by atoms with Gasteiger partial charge in [0.2, 0.25) is 11.8 Å². The smallest absolute Gasteiger partial charge is 0.253 e. The summed E-state index contributed by atoms with van der Waals surface area (Å²) >= 11 is 0. The van der Waals surface area contributed by atoms with Crippen molar-refractivity contribution in [2.45, 2.75) is 32.9 Å². The average molecular weight is 382 g/mol. The lowest BCUT2D eigenvalue weighted by Gasteiger charge is -2.18. The molecule has 0 saturated heterocycles. The van der Waals surface area contributed by atoms with Crippen molar-refractivity contribution >= 4 is 17.7 Å². The van der Waals surface area contributed by atoms with Crippen LogP contribution in [0, 0.1) is 0 Å². The molecule has 3 N–H and O–H groups in total. The van der Waals surface area contributed by atoms with E-state index in [1.165, 1.54) is 6.20 Å². The maximum Gasteiger partial charge on any atom is 0.253 e. The monoisotopic (exact) mass is 382 g/mol. The highest BCUT2D eigenvalue weighted by atomic mass is 16.5. The lowest BCUT2D eigenvalue weighted by molar-refractivity contribution is 0.0949. The van der Waals surface area contributed by atoms with Gasteiger partial charge in [-0.15, -0.1) is 0 Å². The maximum absolute atomic E-state index is 12.3. The number of aromatic nitrogens is 5. The first-order chi connectivity index (χ1) is 13.4. The predicted octanol–water partition coefficient (Wildman–Crippen LogP) is 1.53. The third kappa shape index (κ3) is 4.78. The van der Waals surface area contributed by atoms with Crippen LogP contribution in [0.4, 0.5) is 11.8 Å². The number of anilines is 2. The van der Waals surface area contributed by atoms with Crippen LogP contribution in [0.5, 0.6) is 0 Å². The Morgan fingerprint density at radius 3 is 2.57 bits per heavy atom. The minimum atomic E-state index is -0.260. The fraction of sp³-hybridized carbons (Fsp3) is 0.333. The van der Waals surface area contributed by atoms with E-state index in [0.29, 0.717) is 29.6 Å². The normalized spacial score (nSPS) is 10.9. The summed E-state index contributed by atoms with van der Waals surface area (Å²) in [5.41, 5.74) is 6.84. The van der Waals surface area contributed by atoms with Gasteiger partial charge in [0, 0.05) is 43.7 Å². The topological polar surface area (TPSA) is 136 Å². The molecule has 0 aliphatic rings. The molecule has 1 amide bonds. The molecule has 0 radical (unpaired) electrons. The van der Waals surface area contributed by atoms with Gasteiger partial charge in [0.05, 0.1) is 12.1 Å². The largest absolute Gasteiger partial charge is 0.368 e. The number of hydrogen-bond acceptors (Lipinski definition) is 9. The number of pyridine rings is 1. The van der Waals surface area contributed by atoms with Gasteiger partial charge in [-0.3, -0.25) is 4.79 Å². The van der Waals surface area contributed by atoms with Crippen LogP contribution in [0.25, 0.3) is 0 Å². The van der Waals surface area contributed by atoms with Gasteiger partial charge in [0.15, 0.2) is 5.82 Å². The zero-order chi connectivity index (χ0) is 20.1. The third-order valence-electron chi connectivity index (χ3n) is 3.93. The number of nitrogens with two attached hydrogens (primary N) is 1. The molecular weight excluding hydrogens is 360 g/mol. The third-order valence-corrected chi connectivity index (χ3v) is 3.93. The highest BCUT2D eigenvalue weighted by molar-refractivity contribution is 5.93. The van der Waals surface area contributed by atoms with Crippen LogP contribution in [-0.4, -0.2) is 38.0 Å². The average Bonchev–Trinajstić information content (AvgIpc) is 3.17. The van der Waals surface area contributed by atoms with E-state index in [0.717, 1.165) is 5.56 Å². The van der Waals surface area contributed by atoms with Crippen molar-refractivity contribution < 1.29 is 9.32 Å². The summed E-state index contributed by atoms with van der Waals surface area (Å²) in [7, 11) is 1.89. The molecule has 0 bridgehead atoms. The van der Waals surface area contributed by atoms with Crippen LogP contribution in [0.1, 0.15) is 47.4 Å². The minimum Gasteiger partial charge on any atom is -0.368 e. The summed E-state index contributed by atoms with van der Waals surface area (Å²) in [4.78, 5) is 30.7. The van der Waals surface area contributed by atoms with Crippen molar-refractivity contribution in [3.8, 4) is 0 Å².